The van der Waals surface area contributed by atoms with Gasteiger partial charge in [0.1, 0.15) is 0 Å². The minimum atomic E-state index is -0.885. The number of carboxylic acid groups (broad SMARTS) is 1. The van der Waals surface area contributed by atoms with Crippen LogP contribution in [-0.4, -0.2) is 40.8 Å². The van der Waals surface area contributed by atoms with Crippen LogP contribution >= 0.6 is 11.8 Å². The van der Waals surface area contributed by atoms with Crippen molar-refractivity contribution in [2.24, 2.45) is 0 Å². The highest BCUT2D eigenvalue weighted by Crippen LogP contribution is 2.08. The number of hydrogen-bond acceptors (Lipinski definition) is 4. The molecule has 0 heterocycles. The van der Waals surface area contributed by atoms with E-state index in [1.807, 2.05) is 12.1 Å². The second kappa shape index (κ2) is 8.97. The maximum absolute atomic E-state index is 11.0. The Morgan fingerprint density at radius 2 is 2.06 bits per heavy atom. The molecular formula is C13H19NO3S. The minimum Gasteiger partial charge on any atom is -0.478 e. The number of benzene rings is 1. The van der Waals surface area contributed by atoms with Crippen molar-refractivity contribution in [3.63, 3.8) is 0 Å². The van der Waals surface area contributed by atoms with Crippen LogP contribution in [0.5, 0.6) is 0 Å². The summed E-state index contributed by atoms with van der Waals surface area (Å²) in [6, 6.07) is 7.03. The molecule has 0 unspecified atom stereocenters. The third kappa shape index (κ3) is 5.53. The molecule has 0 atom stereocenters. The molecule has 0 spiro atoms. The van der Waals surface area contributed by atoms with E-state index in [9.17, 15) is 4.79 Å². The van der Waals surface area contributed by atoms with E-state index in [0.717, 1.165) is 30.0 Å². The van der Waals surface area contributed by atoms with Crippen molar-refractivity contribution in [2.75, 3.05) is 24.7 Å². The average Bonchev–Trinajstić information content (AvgIpc) is 2.38. The van der Waals surface area contributed by atoms with E-state index >= 15 is 0 Å². The highest BCUT2D eigenvalue weighted by Gasteiger charge is 2.07. The lowest BCUT2D eigenvalue weighted by Gasteiger charge is -2.07. The van der Waals surface area contributed by atoms with E-state index in [1.165, 1.54) is 0 Å². The van der Waals surface area contributed by atoms with Gasteiger partial charge in [0, 0.05) is 25.4 Å². The Kier molecular flexibility index (Phi) is 7.48. The Morgan fingerprint density at radius 3 is 2.78 bits per heavy atom. The zero-order valence-corrected chi connectivity index (χ0v) is 11.1. The summed E-state index contributed by atoms with van der Waals surface area (Å²) in [6.07, 6.45) is 0.826. The summed E-state index contributed by atoms with van der Waals surface area (Å²) in [5.41, 5.74) is 1.17. The summed E-state index contributed by atoms with van der Waals surface area (Å²) in [5, 5.41) is 20.9. The molecule has 1 aromatic rings. The smallest absolute Gasteiger partial charge is 0.336 e. The summed E-state index contributed by atoms with van der Waals surface area (Å²) in [6.45, 7) is 1.65. The molecule has 1 rings (SSSR count). The molecule has 18 heavy (non-hydrogen) atoms. The first-order valence-corrected chi connectivity index (χ1v) is 7.11. The van der Waals surface area contributed by atoms with Crippen LogP contribution in [-0.2, 0) is 6.54 Å². The van der Waals surface area contributed by atoms with Crippen LogP contribution in [0, 0.1) is 0 Å². The first-order valence-electron chi connectivity index (χ1n) is 5.96. The topological polar surface area (TPSA) is 69.6 Å². The first-order chi connectivity index (χ1) is 8.75. The Balaban J connectivity index is 2.25. The molecule has 4 nitrogen and oxygen atoms in total. The monoisotopic (exact) mass is 269 g/mol. The second-order valence-electron chi connectivity index (χ2n) is 3.83. The highest BCUT2D eigenvalue weighted by molar-refractivity contribution is 7.99. The average molecular weight is 269 g/mol. The lowest BCUT2D eigenvalue weighted by molar-refractivity contribution is 0.0695. The van der Waals surface area contributed by atoms with Gasteiger partial charge < -0.3 is 15.5 Å². The van der Waals surface area contributed by atoms with Crippen LogP contribution in [0.3, 0.4) is 0 Å². The summed E-state index contributed by atoms with van der Waals surface area (Å²) in [7, 11) is 0. The SMILES string of the molecule is O=C(O)c1ccccc1CNCCSCCCO. The lowest BCUT2D eigenvalue weighted by atomic mass is 10.1. The Morgan fingerprint density at radius 1 is 1.28 bits per heavy atom. The largest absolute Gasteiger partial charge is 0.478 e. The number of rotatable bonds is 9. The molecular weight excluding hydrogens is 250 g/mol. The van der Waals surface area contributed by atoms with Gasteiger partial charge in [0.05, 0.1) is 5.56 Å². The predicted molar refractivity (Wildman–Crippen MR) is 74.1 cm³/mol. The van der Waals surface area contributed by atoms with Crippen molar-refractivity contribution in [3.8, 4) is 0 Å². The summed E-state index contributed by atoms with van der Waals surface area (Å²) in [4.78, 5) is 11.0. The van der Waals surface area contributed by atoms with Crippen molar-refractivity contribution in [1.29, 1.82) is 0 Å². The molecule has 0 aliphatic carbocycles. The van der Waals surface area contributed by atoms with Gasteiger partial charge in [-0.25, -0.2) is 4.79 Å². The number of carboxylic acids is 1. The van der Waals surface area contributed by atoms with Crippen molar-refractivity contribution >= 4 is 17.7 Å². The van der Waals surface area contributed by atoms with Crippen LogP contribution in [0.2, 0.25) is 0 Å². The number of carbonyl (C=O) groups is 1. The highest BCUT2D eigenvalue weighted by atomic mass is 32.2. The molecule has 100 valence electrons. The molecule has 0 aliphatic rings. The van der Waals surface area contributed by atoms with Crippen molar-refractivity contribution < 1.29 is 15.0 Å². The van der Waals surface area contributed by atoms with Gasteiger partial charge in [0.2, 0.25) is 0 Å². The van der Waals surface area contributed by atoms with E-state index in [1.54, 1.807) is 23.9 Å². The van der Waals surface area contributed by atoms with Gasteiger partial charge in [0.15, 0.2) is 0 Å². The summed E-state index contributed by atoms with van der Waals surface area (Å²) >= 11 is 1.78. The number of aromatic carboxylic acids is 1. The Labute approximate surface area is 111 Å². The van der Waals surface area contributed by atoms with Crippen LogP contribution in [0.1, 0.15) is 22.3 Å². The van der Waals surface area contributed by atoms with Crippen LogP contribution in [0.25, 0.3) is 0 Å². The summed E-state index contributed by atoms with van der Waals surface area (Å²) < 4.78 is 0. The van der Waals surface area contributed by atoms with Crippen molar-refractivity contribution in [2.45, 2.75) is 13.0 Å². The zero-order valence-electron chi connectivity index (χ0n) is 10.3. The van der Waals surface area contributed by atoms with Crippen LogP contribution in [0.15, 0.2) is 24.3 Å². The number of hydrogen-bond donors (Lipinski definition) is 3. The third-order valence-corrected chi connectivity index (χ3v) is 3.50. The first kappa shape index (κ1) is 15.0. The van der Waals surface area contributed by atoms with Gasteiger partial charge in [0.25, 0.3) is 0 Å². The van der Waals surface area contributed by atoms with Crippen LogP contribution in [0.4, 0.5) is 0 Å². The van der Waals surface area contributed by atoms with Gasteiger partial charge >= 0.3 is 5.97 Å². The maximum Gasteiger partial charge on any atom is 0.336 e. The van der Waals surface area contributed by atoms with E-state index in [2.05, 4.69) is 5.32 Å². The molecule has 0 aromatic heterocycles. The number of nitrogens with one attached hydrogen (secondary N) is 1. The van der Waals surface area contributed by atoms with Gasteiger partial charge in [-0.2, -0.15) is 11.8 Å². The fourth-order valence-corrected chi connectivity index (χ4v) is 2.35. The van der Waals surface area contributed by atoms with E-state index in [4.69, 9.17) is 10.2 Å². The third-order valence-electron chi connectivity index (χ3n) is 2.43. The second-order valence-corrected chi connectivity index (χ2v) is 5.05. The molecule has 1 aromatic carbocycles. The number of thioether (sulfide) groups is 1. The van der Waals surface area contributed by atoms with Gasteiger partial charge in [-0.15, -0.1) is 0 Å². The van der Waals surface area contributed by atoms with E-state index in [0.29, 0.717) is 12.1 Å². The number of aliphatic hydroxyl groups is 1. The van der Waals surface area contributed by atoms with Crippen molar-refractivity contribution in [3.05, 3.63) is 35.4 Å². The molecule has 0 saturated heterocycles. The standard InChI is InChI=1S/C13H19NO3S/c15-7-3-8-18-9-6-14-10-11-4-1-2-5-12(11)13(16)17/h1-2,4-5,14-15H,3,6-10H2,(H,16,17). The normalized spacial score (nSPS) is 10.5. The zero-order chi connectivity index (χ0) is 13.2. The minimum absolute atomic E-state index is 0.242. The quantitative estimate of drug-likeness (QED) is 0.594. The van der Waals surface area contributed by atoms with E-state index < -0.39 is 5.97 Å². The fraction of sp³-hybridized carbons (Fsp3) is 0.462. The molecule has 0 fully saturated rings. The molecule has 0 amide bonds. The van der Waals surface area contributed by atoms with Crippen molar-refractivity contribution in [1.82, 2.24) is 5.32 Å². The van der Waals surface area contributed by atoms with E-state index in [-0.39, 0.29) is 6.61 Å². The fourth-order valence-electron chi connectivity index (χ4n) is 1.52. The maximum atomic E-state index is 11.0. The number of aliphatic hydroxyl groups excluding tert-OH is 1. The van der Waals surface area contributed by atoms with Gasteiger partial charge in [-0.3, -0.25) is 0 Å². The molecule has 0 aliphatic heterocycles. The Hall–Kier alpha value is -1.04. The van der Waals surface area contributed by atoms with Gasteiger partial charge in [-0.05, 0) is 23.8 Å². The van der Waals surface area contributed by atoms with Gasteiger partial charge in [-0.1, -0.05) is 18.2 Å². The molecule has 3 N–H and O–H groups in total. The molecule has 5 heteroatoms. The molecule has 0 bridgehead atoms. The molecule has 0 saturated carbocycles. The Bertz CT molecular complexity index is 371. The molecule has 0 radical (unpaired) electrons. The van der Waals surface area contributed by atoms with Crippen LogP contribution < -0.4 is 5.32 Å². The lowest BCUT2D eigenvalue weighted by Crippen LogP contribution is -2.18. The summed E-state index contributed by atoms with van der Waals surface area (Å²) in [5.74, 6) is 1.05. The predicted octanol–water partition coefficient (Wildman–Crippen LogP) is 1.59.